The summed E-state index contributed by atoms with van der Waals surface area (Å²) in [6, 6.07) is 5.30. The summed E-state index contributed by atoms with van der Waals surface area (Å²) < 4.78 is 11.0. The standard InChI is InChI=1S/C15H17N3O3/c16-8-11-1-4-17-14(7-11)21-13-9-18(10-13)15(19)12-2-5-20-6-3-12/h1,4,7,12-13H,2-3,5-6,9-10H2. The number of hydrogen-bond acceptors (Lipinski definition) is 5. The first-order valence-electron chi connectivity index (χ1n) is 7.15. The molecular weight excluding hydrogens is 270 g/mol. The maximum absolute atomic E-state index is 12.2. The number of hydrogen-bond donors (Lipinski definition) is 0. The topological polar surface area (TPSA) is 75.5 Å². The summed E-state index contributed by atoms with van der Waals surface area (Å²) in [4.78, 5) is 18.1. The average Bonchev–Trinajstić information content (AvgIpc) is 2.51. The molecule has 2 fully saturated rings. The molecule has 0 bridgehead atoms. The number of amides is 1. The number of carbonyl (C=O) groups is 1. The molecule has 2 saturated heterocycles. The van der Waals surface area contributed by atoms with Gasteiger partial charge in [0.1, 0.15) is 6.10 Å². The highest BCUT2D eigenvalue weighted by atomic mass is 16.5. The molecule has 3 rings (SSSR count). The van der Waals surface area contributed by atoms with Crippen LogP contribution in [0.25, 0.3) is 0 Å². The number of likely N-dealkylation sites (tertiary alicyclic amines) is 1. The SMILES string of the molecule is N#Cc1ccnc(OC2CN(C(=O)C3CCOCC3)C2)c1. The van der Waals surface area contributed by atoms with Crippen LogP contribution in [0.1, 0.15) is 18.4 Å². The van der Waals surface area contributed by atoms with E-state index in [0.29, 0.717) is 37.7 Å². The minimum absolute atomic E-state index is 0.0322. The fourth-order valence-corrected chi connectivity index (χ4v) is 2.61. The van der Waals surface area contributed by atoms with Crippen molar-refractivity contribution in [1.29, 1.82) is 5.26 Å². The van der Waals surface area contributed by atoms with E-state index in [1.807, 2.05) is 4.90 Å². The van der Waals surface area contributed by atoms with E-state index >= 15 is 0 Å². The highest BCUT2D eigenvalue weighted by Crippen LogP contribution is 2.23. The number of nitriles is 1. The number of carbonyl (C=O) groups excluding carboxylic acids is 1. The van der Waals surface area contributed by atoms with E-state index < -0.39 is 0 Å². The lowest BCUT2D eigenvalue weighted by atomic mass is 9.96. The fourth-order valence-electron chi connectivity index (χ4n) is 2.61. The fraction of sp³-hybridized carbons (Fsp3) is 0.533. The zero-order valence-corrected chi connectivity index (χ0v) is 11.7. The Morgan fingerprint density at radius 1 is 1.43 bits per heavy atom. The summed E-state index contributed by atoms with van der Waals surface area (Å²) in [5, 5.41) is 8.83. The monoisotopic (exact) mass is 287 g/mol. The van der Waals surface area contributed by atoms with E-state index in [2.05, 4.69) is 11.1 Å². The van der Waals surface area contributed by atoms with Crippen molar-refractivity contribution in [1.82, 2.24) is 9.88 Å². The van der Waals surface area contributed by atoms with Crippen LogP contribution in [-0.2, 0) is 9.53 Å². The molecular formula is C15H17N3O3. The molecule has 110 valence electrons. The predicted octanol–water partition coefficient (Wildman–Crippen LogP) is 0.969. The zero-order valence-electron chi connectivity index (χ0n) is 11.7. The van der Waals surface area contributed by atoms with Gasteiger partial charge in [-0.1, -0.05) is 0 Å². The lowest BCUT2D eigenvalue weighted by molar-refractivity contribution is -0.147. The summed E-state index contributed by atoms with van der Waals surface area (Å²) in [5.41, 5.74) is 0.523. The number of pyridine rings is 1. The third-order valence-electron chi connectivity index (χ3n) is 3.88. The molecule has 1 amide bonds. The van der Waals surface area contributed by atoms with Gasteiger partial charge in [-0.2, -0.15) is 5.26 Å². The van der Waals surface area contributed by atoms with Gasteiger partial charge in [0.2, 0.25) is 11.8 Å². The van der Waals surface area contributed by atoms with Gasteiger partial charge in [-0.3, -0.25) is 4.79 Å². The van der Waals surface area contributed by atoms with E-state index in [1.54, 1.807) is 18.3 Å². The quantitative estimate of drug-likeness (QED) is 0.828. The van der Waals surface area contributed by atoms with Crippen molar-refractivity contribution in [3.05, 3.63) is 23.9 Å². The van der Waals surface area contributed by atoms with Crippen LogP contribution in [0.15, 0.2) is 18.3 Å². The summed E-state index contributed by atoms with van der Waals surface area (Å²) in [5.74, 6) is 0.744. The lowest BCUT2D eigenvalue weighted by Crippen LogP contribution is -2.58. The molecule has 0 atom stereocenters. The van der Waals surface area contributed by atoms with E-state index in [4.69, 9.17) is 14.7 Å². The van der Waals surface area contributed by atoms with Gasteiger partial charge in [-0.25, -0.2) is 4.98 Å². The van der Waals surface area contributed by atoms with Crippen molar-refractivity contribution in [2.24, 2.45) is 5.92 Å². The van der Waals surface area contributed by atoms with Gasteiger partial charge >= 0.3 is 0 Å². The molecule has 3 heterocycles. The molecule has 0 aromatic carbocycles. The third-order valence-corrected chi connectivity index (χ3v) is 3.88. The lowest BCUT2D eigenvalue weighted by Gasteiger charge is -2.41. The second-order valence-electron chi connectivity index (χ2n) is 5.36. The molecule has 2 aliphatic heterocycles. The Morgan fingerprint density at radius 2 is 2.19 bits per heavy atom. The molecule has 6 nitrogen and oxygen atoms in total. The maximum Gasteiger partial charge on any atom is 0.226 e. The second-order valence-corrected chi connectivity index (χ2v) is 5.36. The molecule has 21 heavy (non-hydrogen) atoms. The Hall–Kier alpha value is -2.13. The largest absolute Gasteiger partial charge is 0.471 e. The second kappa shape index (κ2) is 6.10. The van der Waals surface area contributed by atoms with E-state index in [9.17, 15) is 4.79 Å². The molecule has 0 aliphatic carbocycles. The van der Waals surface area contributed by atoms with Gasteiger partial charge in [0, 0.05) is 31.4 Å². The molecule has 0 spiro atoms. The maximum atomic E-state index is 12.2. The molecule has 2 aliphatic rings. The number of ether oxygens (including phenoxy) is 2. The van der Waals surface area contributed by atoms with Crippen LogP contribution in [0.3, 0.4) is 0 Å². The van der Waals surface area contributed by atoms with Crippen LogP contribution in [0.5, 0.6) is 5.88 Å². The van der Waals surface area contributed by atoms with Crippen molar-refractivity contribution in [2.75, 3.05) is 26.3 Å². The Balaban J connectivity index is 1.49. The van der Waals surface area contributed by atoms with Crippen molar-refractivity contribution in [3.8, 4) is 11.9 Å². The van der Waals surface area contributed by atoms with Crippen LogP contribution < -0.4 is 4.74 Å². The van der Waals surface area contributed by atoms with E-state index in [0.717, 1.165) is 12.8 Å². The Bertz CT molecular complexity index is 558. The molecule has 6 heteroatoms. The van der Waals surface area contributed by atoms with Gasteiger partial charge < -0.3 is 14.4 Å². The summed E-state index contributed by atoms with van der Waals surface area (Å²) in [6.45, 7) is 2.54. The zero-order chi connectivity index (χ0) is 14.7. The highest BCUT2D eigenvalue weighted by molar-refractivity contribution is 5.79. The van der Waals surface area contributed by atoms with Gasteiger partial charge in [0.25, 0.3) is 0 Å². The number of aromatic nitrogens is 1. The Morgan fingerprint density at radius 3 is 2.90 bits per heavy atom. The normalized spacial score (nSPS) is 19.7. The molecule has 1 aromatic rings. The van der Waals surface area contributed by atoms with Gasteiger partial charge in [0.05, 0.1) is 24.7 Å². The first kappa shape index (κ1) is 13.8. The highest BCUT2D eigenvalue weighted by Gasteiger charge is 2.36. The van der Waals surface area contributed by atoms with Crippen molar-refractivity contribution in [3.63, 3.8) is 0 Å². The van der Waals surface area contributed by atoms with Crippen LogP contribution in [0, 0.1) is 17.2 Å². The van der Waals surface area contributed by atoms with Crippen LogP contribution in [-0.4, -0.2) is 48.2 Å². The van der Waals surface area contributed by atoms with E-state index in [-0.39, 0.29) is 17.9 Å². The van der Waals surface area contributed by atoms with Crippen molar-refractivity contribution >= 4 is 5.91 Å². The third kappa shape index (κ3) is 3.14. The minimum Gasteiger partial charge on any atom is -0.471 e. The van der Waals surface area contributed by atoms with Crippen LogP contribution in [0.2, 0.25) is 0 Å². The van der Waals surface area contributed by atoms with Crippen LogP contribution in [0.4, 0.5) is 0 Å². The van der Waals surface area contributed by atoms with Crippen molar-refractivity contribution < 1.29 is 14.3 Å². The van der Waals surface area contributed by atoms with Gasteiger partial charge in [0.15, 0.2) is 0 Å². The molecule has 1 aromatic heterocycles. The summed E-state index contributed by atoms with van der Waals surface area (Å²) in [7, 11) is 0. The van der Waals surface area contributed by atoms with Crippen LogP contribution >= 0.6 is 0 Å². The van der Waals surface area contributed by atoms with Gasteiger partial charge in [-0.05, 0) is 18.9 Å². The predicted molar refractivity (Wildman–Crippen MR) is 73.5 cm³/mol. The first-order valence-corrected chi connectivity index (χ1v) is 7.15. The number of nitrogens with zero attached hydrogens (tertiary/aromatic N) is 3. The smallest absolute Gasteiger partial charge is 0.226 e. The Labute approximate surface area is 123 Å². The minimum atomic E-state index is -0.0322. The molecule has 0 N–H and O–H groups in total. The molecule has 0 saturated carbocycles. The van der Waals surface area contributed by atoms with Gasteiger partial charge in [-0.15, -0.1) is 0 Å². The summed E-state index contributed by atoms with van der Waals surface area (Å²) >= 11 is 0. The van der Waals surface area contributed by atoms with Crippen molar-refractivity contribution in [2.45, 2.75) is 18.9 Å². The first-order chi connectivity index (χ1) is 10.3. The molecule has 0 unspecified atom stereocenters. The summed E-state index contributed by atoms with van der Waals surface area (Å²) in [6.07, 6.45) is 3.15. The number of rotatable bonds is 3. The van der Waals surface area contributed by atoms with E-state index in [1.165, 1.54) is 0 Å². The Kier molecular flexibility index (Phi) is 4.02. The average molecular weight is 287 g/mol. The molecule has 0 radical (unpaired) electrons.